The fraction of sp³-hybridized carbons (Fsp3) is 0.312. The van der Waals surface area contributed by atoms with Gasteiger partial charge in [0.2, 0.25) is 0 Å². The highest BCUT2D eigenvalue weighted by molar-refractivity contribution is 9.10. The van der Waals surface area contributed by atoms with Crippen molar-refractivity contribution in [3.63, 3.8) is 0 Å². The molecule has 0 saturated heterocycles. The molecule has 5 nitrogen and oxygen atoms in total. The molecule has 2 rings (SSSR count). The molecule has 1 heterocycles. The number of hydrogen-bond donors (Lipinski definition) is 1. The third kappa shape index (κ3) is 4.25. The summed E-state index contributed by atoms with van der Waals surface area (Å²) in [5, 5.41) is 2.67. The minimum atomic E-state index is -2.99. The van der Waals surface area contributed by atoms with Gasteiger partial charge in [0.15, 0.2) is 11.5 Å². The number of alkyl halides is 2. The van der Waals surface area contributed by atoms with Crippen molar-refractivity contribution in [1.82, 2.24) is 4.57 Å². The molecule has 0 spiro atoms. The van der Waals surface area contributed by atoms with Crippen LogP contribution in [-0.2, 0) is 0 Å². The molecule has 0 fully saturated rings. The van der Waals surface area contributed by atoms with E-state index >= 15 is 0 Å². The molecule has 1 N–H and O–H groups in total. The lowest BCUT2D eigenvalue weighted by molar-refractivity contribution is -0.0511. The van der Waals surface area contributed by atoms with Crippen LogP contribution >= 0.6 is 15.9 Å². The number of carbonyl (C=O) groups excluding carboxylic acids is 1. The van der Waals surface area contributed by atoms with E-state index in [2.05, 4.69) is 26.0 Å². The Kier molecular flexibility index (Phi) is 5.82. The van der Waals surface area contributed by atoms with Crippen molar-refractivity contribution in [3.05, 3.63) is 40.6 Å². The summed E-state index contributed by atoms with van der Waals surface area (Å²) < 4.78 is 36.9. The highest BCUT2D eigenvalue weighted by atomic mass is 79.9. The number of nitrogens with one attached hydrogen (secondary N) is 1. The van der Waals surface area contributed by atoms with E-state index in [9.17, 15) is 13.6 Å². The first-order valence-corrected chi connectivity index (χ1v) is 7.92. The van der Waals surface area contributed by atoms with Gasteiger partial charge in [-0.1, -0.05) is 0 Å². The Morgan fingerprint density at radius 3 is 2.54 bits per heavy atom. The maximum absolute atomic E-state index is 12.5. The van der Waals surface area contributed by atoms with Crippen LogP contribution in [0.1, 0.15) is 30.4 Å². The standard InChI is InChI=1S/C16H17BrF2N2O3/c1-9(2)21-8-10(17)6-12(21)15(22)20-11-4-5-13(23-3)14(7-11)24-16(18)19/h4-9,16H,1-3H3,(H,20,22). The molecule has 8 heteroatoms. The van der Waals surface area contributed by atoms with Gasteiger partial charge in [0, 0.05) is 28.5 Å². The monoisotopic (exact) mass is 402 g/mol. The molecule has 0 radical (unpaired) electrons. The summed E-state index contributed by atoms with van der Waals surface area (Å²) >= 11 is 3.34. The van der Waals surface area contributed by atoms with Crippen molar-refractivity contribution in [1.29, 1.82) is 0 Å². The van der Waals surface area contributed by atoms with E-state index < -0.39 is 6.61 Å². The molecule has 0 bridgehead atoms. The van der Waals surface area contributed by atoms with Crippen LogP contribution in [0, 0.1) is 0 Å². The number of nitrogens with zero attached hydrogens (tertiary/aromatic N) is 1. The summed E-state index contributed by atoms with van der Waals surface area (Å²) in [6.07, 6.45) is 1.80. The van der Waals surface area contributed by atoms with Gasteiger partial charge in [-0.2, -0.15) is 8.78 Å². The molecule has 0 aliphatic carbocycles. The predicted octanol–water partition coefficient (Wildman–Crippen LogP) is 4.69. The number of amides is 1. The number of halogens is 3. The van der Waals surface area contributed by atoms with E-state index in [0.717, 1.165) is 4.47 Å². The lowest BCUT2D eigenvalue weighted by Crippen LogP contribution is -2.18. The van der Waals surface area contributed by atoms with Crippen LogP contribution in [0.25, 0.3) is 0 Å². The summed E-state index contributed by atoms with van der Waals surface area (Å²) in [5.41, 5.74) is 0.771. The second-order valence-electron chi connectivity index (χ2n) is 5.24. The molecule has 1 aromatic carbocycles. The van der Waals surface area contributed by atoms with Gasteiger partial charge in [-0.3, -0.25) is 4.79 Å². The molecular formula is C16H17BrF2N2O3. The summed E-state index contributed by atoms with van der Waals surface area (Å²) in [5.74, 6) is -0.352. The highest BCUT2D eigenvalue weighted by Gasteiger charge is 2.17. The average Bonchev–Trinajstić information content (AvgIpc) is 2.89. The van der Waals surface area contributed by atoms with Crippen molar-refractivity contribution >= 4 is 27.5 Å². The number of carbonyl (C=O) groups is 1. The van der Waals surface area contributed by atoms with Crippen LogP contribution in [-0.4, -0.2) is 24.2 Å². The predicted molar refractivity (Wildman–Crippen MR) is 90.1 cm³/mol. The van der Waals surface area contributed by atoms with Crippen LogP contribution in [0.15, 0.2) is 34.9 Å². The van der Waals surface area contributed by atoms with Gasteiger partial charge >= 0.3 is 6.61 Å². The Morgan fingerprint density at radius 1 is 1.25 bits per heavy atom. The van der Waals surface area contributed by atoms with Crippen molar-refractivity contribution in [2.24, 2.45) is 0 Å². The number of benzene rings is 1. The van der Waals surface area contributed by atoms with E-state index in [1.54, 1.807) is 22.9 Å². The molecule has 1 aromatic heterocycles. The van der Waals surface area contributed by atoms with Crippen LogP contribution < -0.4 is 14.8 Å². The minimum absolute atomic E-state index is 0.0886. The zero-order valence-electron chi connectivity index (χ0n) is 13.3. The van der Waals surface area contributed by atoms with Gasteiger partial charge in [-0.25, -0.2) is 0 Å². The molecule has 24 heavy (non-hydrogen) atoms. The van der Waals surface area contributed by atoms with E-state index in [0.29, 0.717) is 11.4 Å². The SMILES string of the molecule is COc1ccc(NC(=O)c2cc(Br)cn2C(C)C)cc1OC(F)F. The Balaban J connectivity index is 2.26. The number of methoxy groups -OCH3 is 1. The minimum Gasteiger partial charge on any atom is -0.493 e. The lowest BCUT2D eigenvalue weighted by atomic mass is 10.2. The Labute approximate surface area is 146 Å². The molecule has 0 unspecified atom stereocenters. The zero-order valence-corrected chi connectivity index (χ0v) is 14.9. The largest absolute Gasteiger partial charge is 0.493 e. The third-order valence-electron chi connectivity index (χ3n) is 3.24. The molecule has 130 valence electrons. The van der Waals surface area contributed by atoms with Gasteiger partial charge in [0.1, 0.15) is 5.69 Å². The highest BCUT2D eigenvalue weighted by Crippen LogP contribution is 2.32. The van der Waals surface area contributed by atoms with E-state index in [1.165, 1.54) is 19.2 Å². The fourth-order valence-corrected chi connectivity index (χ4v) is 2.63. The third-order valence-corrected chi connectivity index (χ3v) is 3.68. The Hall–Kier alpha value is -2.09. The van der Waals surface area contributed by atoms with Gasteiger partial charge < -0.3 is 19.4 Å². The van der Waals surface area contributed by atoms with Crippen molar-refractivity contribution in [2.45, 2.75) is 26.5 Å². The molecule has 2 aromatic rings. The van der Waals surface area contributed by atoms with Crippen LogP contribution in [0.5, 0.6) is 11.5 Å². The first kappa shape index (κ1) is 18.3. The molecule has 1 amide bonds. The van der Waals surface area contributed by atoms with Crippen LogP contribution in [0.2, 0.25) is 0 Å². The van der Waals surface area contributed by atoms with Crippen molar-refractivity contribution in [2.75, 3.05) is 12.4 Å². The number of aromatic nitrogens is 1. The van der Waals surface area contributed by atoms with E-state index in [4.69, 9.17) is 4.74 Å². The molecule has 0 aliphatic rings. The summed E-state index contributed by atoms with van der Waals surface area (Å²) in [6.45, 7) is 0.912. The maximum atomic E-state index is 12.5. The fourth-order valence-electron chi connectivity index (χ4n) is 2.19. The molecule has 0 aliphatic heterocycles. The molecular weight excluding hydrogens is 386 g/mol. The zero-order chi connectivity index (χ0) is 17.9. The summed E-state index contributed by atoms with van der Waals surface area (Å²) in [6, 6.07) is 6.07. The van der Waals surface area contributed by atoms with Gasteiger partial charge in [0.05, 0.1) is 7.11 Å². The molecule has 0 atom stereocenters. The lowest BCUT2D eigenvalue weighted by Gasteiger charge is -2.14. The van der Waals surface area contributed by atoms with Crippen LogP contribution in [0.4, 0.5) is 14.5 Å². The normalized spacial score (nSPS) is 11.0. The topological polar surface area (TPSA) is 52.5 Å². The van der Waals surface area contributed by atoms with Crippen LogP contribution in [0.3, 0.4) is 0 Å². The summed E-state index contributed by atoms with van der Waals surface area (Å²) in [4.78, 5) is 12.5. The van der Waals surface area contributed by atoms with E-state index in [1.807, 2.05) is 13.8 Å². The second-order valence-corrected chi connectivity index (χ2v) is 6.16. The summed E-state index contributed by atoms with van der Waals surface area (Å²) in [7, 11) is 1.35. The number of ether oxygens (including phenoxy) is 2. The average molecular weight is 403 g/mol. The molecule has 0 saturated carbocycles. The maximum Gasteiger partial charge on any atom is 0.387 e. The van der Waals surface area contributed by atoms with Gasteiger partial charge in [0.25, 0.3) is 5.91 Å². The van der Waals surface area contributed by atoms with Gasteiger partial charge in [-0.05, 0) is 48.0 Å². The first-order valence-electron chi connectivity index (χ1n) is 7.13. The second kappa shape index (κ2) is 7.65. The van der Waals surface area contributed by atoms with Crippen molar-refractivity contribution in [3.8, 4) is 11.5 Å². The smallest absolute Gasteiger partial charge is 0.387 e. The number of rotatable bonds is 6. The number of anilines is 1. The Morgan fingerprint density at radius 2 is 1.96 bits per heavy atom. The Bertz CT molecular complexity index is 732. The van der Waals surface area contributed by atoms with Gasteiger partial charge in [-0.15, -0.1) is 0 Å². The van der Waals surface area contributed by atoms with E-state index in [-0.39, 0.29) is 23.4 Å². The van der Waals surface area contributed by atoms with Crippen molar-refractivity contribution < 1.29 is 23.0 Å². The number of hydrogen-bond acceptors (Lipinski definition) is 3. The quantitative estimate of drug-likeness (QED) is 0.761. The first-order chi connectivity index (χ1) is 11.3.